The Kier molecular flexibility index (Phi) is 4.91. The topological polar surface area (TPSA) is 52.0 Å². The van der Waals surface area contributed by atoms with Crippen LogP contribution in [0.25, 0.3) is 0 Å². The Labute approximate surface area is 83.5 Å². The van der Waals surface area contributed by atoms with Crippen molar-refractivity contribution in [3.8, 4) is 0 Å². The van der Waals surface area contributed by atoms with Crippen LogP contribution in [-0.2, 0) is 0 Å². The minimum atomic E-state index is -0.398. The van der Waals surface area contributed by atoms with Gasteiger partial charge in [0.1, 0.15) is 5.82 Å². The molecule has 0 aliphatic carbocycles. The second-order valence-electron chi connectivity index (χ2n) is 2.87. The van der Waals surface area contributed by atoms with Crippen LogP contribution in [0.15, 0.2) is 18.2 Å². The van der Waals surface area contributed by atoms with Crippen LogP contribution in [0.1, 0.15) is 17.2 Å². The minimum absolute atomic E-state index is 0. The van der Waals surface area contributed by atoms with Crippen LogP contribution in [0.4, 0.5) is 4.39 Å². The molecule has 0 unspecified atom stereocenters. The van der Waals surface area contributed by atoms with Gasteiger partial charge in [0.15, 0.2) is 0 Å². The van der Waals surface area contributed by atoms with Gasteiger partial charge < -0.3 is 11.5 Å². The molecule has 2 nitrogen and oxygen atoms in total. The SMILES string of the molecule is Cc1ccc(F)c([C@H](N)CN)c1.Cl. The van der Waals surface area contributed by atoms with Gasteiger partial charge in [0.2, 0.25) is 0 Å². The van der Waals surface area contributed by atoms with Crippen molar-refractivity contribution in [2.75, 3.05) is 6.54 Å². The van der Waals surface area contributed by atoms with Gasteiger partial charge in [-0.15, -0.1) is 12.4 Å². The molecule has 0 fully saturated rings. The summed E-state index contributed by atoms with van der Waals surface area (Å²) in [5.41, 5.74) is 12.4. The Morgan fingerprint density at radius 3 is 2.62 bits per heavy atom. The largest absolute Gasteiger partial charge is 0.329 e. The maximum Gasteiger partial charge on any atom is 0.128 e. The predicted octanol–water partition coefficient (Wildman–Crippen LogP) is 1.51. The van der Waals surface area contributed by atoms with Gasteiger partial charge in [-0.25, -0.2) is 4.39 Å². The molecular weight excluding hydrogens is 191 g/mol. The van der Waals surface area contributed by atoms with Gasteiger partial charge in [-0.2, -0.15) is 0 Å². The van der Waals surface area contributed by atoms with Crippen molar-refractivity contribution in [1.82, 2.24) is 0 Å². The molecule has 0 aromatic heterocycles. The molecule has 13 heavy (non-hydrogen) atoms. The quantitative estimate of drug-likeness (QED) is 0.768. The Morgan fingerprint density at radius 1 is 1.46 bits per heavy atom. The highest BCUT2D eigenvalue weighted by Gasteiger charge is 2.08. The maximum absolute atomic E-state index is 13.1. The first-order chi connectivity index (χ1) is 5.65. The first-order valence-corrected chi connectivity index (χ1v) is 3.87. The van der Waals surface area contributed by atoms with E-state index in [1.165, 1.54) is 6.07 Å². The Balaban J connectivity index is 0.00000144. The molecule has 0 heterocycles. The van der Waals surface area contributed by atoms with E-state index in [1.54, 1.807) is 12.1 Å². The zero-order chi connectivity index (χ0) is 9.14. The van der Waals surface area contributed by atoms with Crippen molar-refractivity contribution < 1.29 is 4.39 Å². The average molecular weight is 205 g/mol. The summed E-state index contributed by atoms with van der Waals surface area (Å²) in [5.74, 6) is -0.279. The summed E-state index contributed by atoms with van der Waals surface area (Å²) in [6.07, 6.45) is 0. The molecule has 1 rings (SSSR count). The molecule has 0 saturated heterocycles. The van der Waals surface area contributed by atoms with Gasteiger partial charge in [0.05, 0.1) is 0 Å². The van der Waals surface area contributed by atoms with Crippen LogP contribution in [0.2, 0.25) is 0 Å². The lowest BCUT2D eigenvalue weighted by Gasteiger charge is -2.10. The monoisotopic (exact) mass is 204 g/mol. The van der Waals surface area contributed by atoms with Crippen LogP contribution in [0, 0.1) is 12.7 Å². The van der Waals surface area contributed by atoms with Crippen molar-refractivity contribution in [2.24, 2.45) is 11.5 Å². The number of halogens is 2. The van der Waals surface area contributed by atoms with E-state index in [-0.39, 0.29) is 24.8 Å². The fourth-order valence-electron chi connectivity index (χ4n) is 1.07. The van der Waals surface area contributed by atoms with E-state index in [2.05, 4.69) is 0 Å². The molecule has 0 spiro atoms. The van der Waals surface area contributed by atoms with E-state index < -0.39 is 6.04 Å². The molecule has 0 aliphatic heterocycles. The number of benzene rings is 1. The summed E-state index contributed by atoms with van der Waals surface area (Å²) < 4.78 is 13.1. The van der Waals surface area contributed by atoms with Gasteiger partial charge >= 0.3 is 0 Å². The van der Waals surface area contributed by atoms with Crippen LogP contribution in [0.3, 0.4) is 0 Å². The van der Waals surface area contributed by atoms with E-state index in [0.29, 0.717) is 5.56 Å². The minimum Gasteiger partial charge on any atom is -0.329 e. The summed E-state index contributed by atoms with van der Waals surface area (Å²) in [4.78, 5) is 0. The second kappa shape index (κ2) is 5.17. The zero-order valence-electron chi connectivity index (χ0n) is 7.46. The first kappa shape index (κ1) is 12.4. The van der Waals surface area contributed by atoms with E-state index in [4.69, 9.17) is 11.5 Å². The highest BCUT2D eigenvalue weighted by Crippen LogP contribution is 2.15. The van der Waals surface area contributed by atoms with Crippen LogP contribution >= 0.6 is 12.4 Å². The number of hydrogen-bond acceptors (Lipinski definition) is 2. The van der Waals surface area contributed by atoms with E-state index in [0.717, 1.165) is 5.56 Å². The van der Waals surface area contributed by atoms with Gasteiger partial charge in [-0.05, 0) is 13.0 Å². The molecule has 74 valence electrons. The summed E-state index contributed by atoms with van der Waals surface area (Å²) >= 11 is 0. The lowest BCUT2D eigenvalue weighted by atomic mass is 10.0. The van der Waals surface area contributed by atoms with Gasteiger partial charge in [-0.3, -0.25) is 0 Å². The van der Waals surface area contributed by atoms with Crippen molar-refractivity contribution in [3.63, 3.8) is 0 Å². The van der Waals surface area contributed by atoms with E-state index in [1.807, 2.05) is 6.92 Å². The van der Waals surface area contributed by atoms with E-state index >= 15 is 0 Å². The Morgan fingerprint density at radius 2 is 2.08 bits per heavy atom. The average Bonchev–Trinajstić information content (AvgIpc) is 2.08. The van der Waals surface area contributed by atoms with Crippen LogP contribution < -0.4 is 11.5 Å². The molecule has 0 saturated carbocycles. The molecule has 1 atom stereocenters. The van der Waals surface area contributed by atoms with Gasteiger partial charge in [0, 0.05) is 18.2 Å². The molecule has 1 aromatic rings. The Hall–Kier alpha value is -0.640. The fraction of sp³-hybridized carbons (Fsp3) is 0.333. The van der Waals surface area contributed by atoms with Gasteiger partial charge in [-0.1, -0.05) is 17.7 Å². The summed E-state index contributed by atoms with van der Waals surface area (Å²) in [7, 11) is 0. The number of nitrogens with two attached hydrogens (primary N) is 2. The molecule has 4 heteroatoms. The molecule has 0 bridgehead atoms. The lowest BCUT2D eigenvalue weighted by Crippen LogP contribution is -2.21. The third kappa shape index (κ3) is 2.95. The summed E-state index contributed by atoms with van der Waals surface area (Å²) in [6, 6.07) is 4.46. The second-order valence-corrected chi connectivity index (χ2v) is 2.87. The fourth-order valence-corrected chi connectivity index (χ4v) is 1.07. The maximum atomic E-state index is 13.1. The van der Waals surface area contributed by atoms with Crippen molar-refractivity contribution in [2.45, 2.75) is 13.0 Å². The smallest absolute Gasteiger partial charge is 0.128 e. The highest BCUT2D eigenvalue weighted by molar-refractivity contribution is 5.85. The molecule has 0 amide bonds. The van der Waals surface area contributed by atoms with Crippen LogP contribution in [0.5, 0.6) is 0 Å². The third-order valence-corrected chi connectivity index (χ3v) is 1.80. The van der Waals surface area contributed by atoms with Crippen molar-refractivity contribution in [3.05, 3.63) is 35.1 Å². The molecule has 0 aliphatic rings. The lowest BCUT2D eigenvalue weighted by molar-refractivity contribution is 0.583. The highest BCUT2D eigenvalue weighted by atomic mass is 35.5. The number of aryl methyl sites for hydroxylation is 1. The van der Waals surface area contributed by atoms with Gasteiger partial charge in [0.25, 0.3) is 0 Å². The van der Waals surface area contributed by atoms with E-state index in [9.17, 15) is 4.39 Å². The third-order valence-electron chi connectivity index (χ3n) is 1.80. The molecular formula is C9H14ClFN2. The van der Waals surface area contributed by atoms with Crippen LogP contribution in [-0.4, -0.2) is 6.54 Å². The summed E-state index contributed by atoms with van der Waals surface area (Å²) in [6.45, 7) is 2.16. The normalized spacial score (nSPS) is 12.0. The standard InChI is InChI=1S/C9H13FN2.ClH/c1-6-2-3-8(10)7(4-6)9(12)5-11;/h2-4,9H,5,11-12H2,1H3;1H/t9-;/m1./s1. The Bertz CT molecular complexity index is 278. The van der Waals surface area contributed by atoms with Crippen molar-refractivity contribution >= 4 is 12.4 Å². The number of hydrogen-bond donors (Lipinski definition) is 2. The first-order valence-electron chi connectivity index (χ1n) is 3.87. The molecule has 0 radical (unpaired) electrons. The summed E-state index contributed by atoms with van der Waals surface area (Å²) in [5, 5.41) is 0. The molecule has 4 N–H and O–H groups in total. The number of rotatable bonds is 2. The molecule has 1 aromatic carbocycles. The van der Waals surface area contributed by atoms with Crippen molar-refractivity contribution in [1.29, 1.82) is 0 Å². The predicted molar refractivity (Wildman–Crippen MR) is 54.4 cm³/mol. The zero-order valence-corrected chi connectivity index (χ0v) is 8.27.